The van der Waals surface area contributed by atoms with E-state index in [9.17, 15) is 9.90 Å². The molecule has 0 amide bonds. The van der Waals surface area contributed by atoms with Crippen molar-refractivity contribution in [1.82, 2.24) is 19.7 Å². The number of halogens is 1. The van der Waals surface area contributed by atoms with Crippen LogP contribution in [0, 0.1) is 20.8 Å². The van der Waals surface area contributed by atoms with Crippen molar-refractivity contribution in [2.75, 3.05) is 0 Å². The Bertz CT molecular complexity index is 1340. The van der Waals surface area contributed by atoms with Crippen molar-refractivity contribution in [3.63, 3.8) is 0 Å². The van der Waals surface area contributed by atoms with Crippen LogP contribution in [0.2, 0.25) is 5.02 Å². The fraction of sp³-hybridized carbons (Fsp3) is 0.250. The van der Waals surface area contributed by atoms with Crippen LogP contribution in [0.5, 0.6) is 0 Å². The van der Waals surface area contributed by atoms with Gasteiger partial charge in [0, 0.05) is 27.8 Å². The average molecular weight is 499 g/mol. The molecule has 1 N–H and O–H groups in total. The summed E-state index contributed by atoms with van der Waals surface area (Å²) in [6, 6.07) is 11.3. The minimum Gasteiger partial charge on any atom is -0.476 e. The zero-order chi connectivity index (χ0) is 23.9. The number of carbonyl (C=O) groups is 1. The summed E-state index contributed by atoms with van der Waals surface area (Å²) in [5.74, 6) is -1.06. The van der Waals surface area contributed by atoms with E-state index in [0.29, 0.717) is 26.7 Å². The van der Waals surface area contributed by atoms with Crippen molar-refractivity contribution >= 4 is 40.7 Å². The summed E-state index contributed by atoms with van der Waals surface area (Å²) in [6.45, 7) is 9.81. The highest BCUT2D eigenvalue weighted by atomic mass is 35.5. The van der Waals surface area contributed by atoms with Gasteiger partial charge >= 0.3 is 5.97 Å². The molecule has 3 heterocycles. The van der Waals surface area contributed by atoms with Crippen molar-refractivity contribution in [2.24, 2.45) is 0 Å². The smallest absolute Gasteiger partial charge is 0.355 e. The van der Waals surface area contributed by atoms with E-state index in [1.807, 2.05) is 57.2 Å². The molecule has 1 aromatic carbocycles. The molecule has 0 fully saturated rings. The van der Waals surface area contributed by atoms with Gasteiger partial charge in [0.15, 0.2) is 5.69 Å². The van der Waals surface area contributed by atoms with Gasteiger partial charge in [0.25, 0.3) is 0 Å². The minimum absolute atomic E-state index is 0.0815. The van der Waals surface area contributed by atoms with Gasteiger partial charge in [0.1, 0.15) is 0 Å². The first-order chi connectivity index (χ1) is 15.7. The number of carboxylic acids is 1. The number of aryl methyl sites for hydroxylation is 3. The number of aromatic carboxylic acids is 1. The highest BCUT2D eigenvalue weighted by Gasteiger charge is 2.27. The molecule has 0 bridgehead atoms. The molecular weight excluding hydrogens is 476 g/mol. The molecular formula is C24H23ClN4O2S2. The third-order valence-corrected chi connectivity index (χ3v) is 7.44. The lowest BCUT2D eigenvalue weighted by Gasteiger charge is -2.06. The SMILES string of the molecule is Cc1cc(-c2c(C)nn(-c3nc(-c4ccccc4Cl)c(SC(C)C)s3)c2C(=O)O)cc(C)n1. The van der Waals surface area contributed by atoms with Crippen LogP contribution in [-0.4, -0.2) is 36.1 Å². The second-order valence-electron chi connectivity index (χ2n) is 7.94. The predicted molar refractivity (Wildman–Crippen MR) is 135 cm³/mol. The van der Waals surface area contributed by atoms with Crippen LogP contribution < -0.4 is 0 Å². The normalized spacial score (nSPS) is 11.4. The second kappa shape index (κ2) is 9.29. The largest absolute Gasteiger partial charge is 0.476 e. The molecule has 4 aromatic rings. The summed E-state index contributed by atoms with van der Waals surface area (Å²) in [5.41, 5.74) is 5.23. The summed E-state index contributed by atoms with van der Waals surface area (Å²) < 4.78 is 2.41. The maximum Gasteiger partial charge on any atom is 0.355 e. The van der Waals surface area contributed by atoms with Crippen LogP contribution in [0.15, 0.2) is 40.6 Å². The maximum absolute atomic E-state index is 12.4. The first kappa shape index (κ1) is 23.5. The van der Waals surface area contributed by atoms with Gasteiger partial charge in [-0.1, -0.05) is 55.0 Å². The van der Waals surface area contributed by atoms with Crippen LogP contribution in [0.3, 0.4) is 0 Å². The van der Waals surface area contributed by atoms with Crippen molar-refractivity contribution in [1.29, 1.82) is 0 Å². The molecule has 0 spiro atoms. The van der Waals surface area contributed by atoms with Gasteiger partial charge in [-0.05, 0) is 44.5 Å². The van der Waals surface area contributed by atoms with Crippen LogP contribution in [-0.2, 0) is 0 Å². The van der Waals surface area contributed by atoms with Gasteiger partial charge in [-0.2, -0.15) is 9.78 Å². The topological polar surface area (TPSA) is 80.9 Å². The van der Waals surface area contributed by atoms with Crippen LogP contribution in [0.4, 0.5) is 0 Å². The van der Waals surface area contributed by atoms with Gasteiger partial charge in [-0.3, -0.25) is 4.98 Å². The van der Waals surface area contributed by atoms with Crippen molar-refractivity contribution in [3.8, 4) is 27.5 Å². The first-order valence-corrected chi connectivity index (χ1v) is 12.4. The third-order valence-electron chi connectivity index (χ3n) is 4.87. The molecule has 3 aromatic heterocycles. The molecule has 0 aliphatic heterocycles. The molecule has 9 heteroatoms. The highest BCUT2D eigenvalue weighted by Crippen LogP contribution is 2.42. The molecule has 0 saturated carbocycles. The molecule has 170 valence electrons. The van der Waals surface area contributed by atoms with Gasteiger partial charge in [-0.15, -0.1) is 11.8 Å². The lowest BCUT2D eigenvalue weighted by atomic mass is 10.0. The lowest BCUT2D eigenvalue weighted by Crippen LogP contribution is -2.09. The van der Waals surface area contributed by atoms with Crippen molar-refractivity contribution < 1.29 is 9.90 Å². The molecule has 33 heavy (non-hydrogen) atoms. The summed E-state index contributed by atoms with van der Waals surface area (Å²) in [5, 5.41) is 16.2. The van der Waals surface area contributed by atoms with E-state index in [1.54, 1.807) is 11.8 Å². The van der Waals surface area contributed by atoms with E-state index >= 15 is 0 Å². The number of nitrogens with zero attached hydrogens (tertiary/aromatic N) is 4. The Morgan fingerprint density at radius 2 is 1.79 bits per heavy atom. The Morgan fingerprint density at radius 3 is 2.39 bits per heavy atom. The summed E-state index contributed by atoms with van der Waals surface area (Å²) in [6.07, 6.45) is 0. The molecule has 0 aliphatic carbocycles. The number of benzene rings is 1. The Hall–Kier alpha value is -2.68. The Kier molecular flexibility index (Phi) is 6.61. The van der Waals surface area contributed by atoms with Crippen LogP contribution in [0.1, 0.15) is 41.4 Å². The monoisotopic (exact) mass is 498 g/mol. The number of hydrogen-bond donors (Lipinski definition) is 1. The van der Waals surface area contributed by atoms with Gasteiger partial charge in [0.2, 0.25) is 5.13 Å². The van der Waals surface area contributed by atoms with E-state index in [1.165, 1.54) is 16.0 Å². The molecule has 0 atom stereocenters. The Morgan fingerprint density at radius 1 is 1.12 bits per heavy atom. The van der Waals surface area contributed by atoms with E-state index in [0.717, 1.165) is 32.4 Å². The van der Waals surface area contributed by atoms with Crippen LogP contribution in [0.25, 0.3) is 27.5 Å². The van der Waals surface area contributed by atoms with Gasteiger partial charge in [0.05, 0.1) is 20.6 Å². The Balaban J connectivity index is 1.95. The summed E-state index contributed by atoms with van der Waals surface area (Å²) >= 11 is 9.56. The number of rotatable bonds is 6. The number of aromatic nitrogens is 4. The molecule has 4 rings (SSSR count). The summed E-state index contributed by atoms with van der Waals surface area (Å²) in [4.78, 5) is 21.7. The first-order valence-electron chi connectivity index (χ1n) is 10.4. The average Bonchev–Trinajstić information content (AvgIpc) is 3.28. The van der Waals surface area contributed by atoms with Crippen molar-refractivity contribution in [3.05, 3.63) is 64.2 Å². The minimum atomic E-state index is -1.06. The zero-order valence-electron chi connectivity index (χ0n) is 18.9. The Labute approximate surface area is 205 Å². The maximum atomic E-state index is 12.4. The van der Waals surface area contributed by atoms with E-state index in [-0.39, 0.29) is 5.69 Å². The molecule has 0 radical (unpaired) electrons. The lowest BCUT2D eigenvalue weighted by molar-refractivity contribution is 0.0688. The molecule has 0 saturated heterocycles. The van der Waals surface area contributed by atoms with E-state index < -0.39 is 5.97 Å². The second-order valence-corrected chi connectivity index (χ2v) is 11.2. The van der Waals surface area contributed by atoms with Crippen molar-refractivity contribution in [2.45, 2.75) is 44.1 Å². The number of thiazole rings is 1. The zero-order valence-corrected chi connectivity index (χ0v) is 21.3. The number of hydrogen-bond acceptors (Lipinski definition) is 6. The molecule has 0 aliphatic rings. The fourth-order valence-corrected chi connectivity index (χ4v) is 6.38. The quantitative estimate of drug-likeness (QED) is 0.293. The standard InChI is InChI=1S/C24H23ClN4O2S2/c1-12(2)32-23-20(17-8-6-7-9-18(17)25)27-24(33-23)29-21(22(30)31)19(15(5)28-29)16-10-13(3)26-14(4)11-16/h6-12H,1-5H3,(H,30,31). The number of thioether (sulfide) groups is 1. The highest BCUT2D eigenvalue weighted by molar-refractivity contribution is 8.01. The summed E-state index contributed by atoms with van der Waals surface area (Å²) in [7, 11) is 0. The van der Waals surface area contributed by atoms with Crippen LogP contribution >= 0.6 is 34.7 Å². The molecule has 6 nitrogen and oxygen atoms in total. The van der Waals surface area contributed by atoms with Gasteiger partial charge < -0.3 is 5.11 Å². The van der Waals surface area contributed by atoms with E-state index in [2.05, 4.69) is 23.9 Å². The fourth-order valence-electron chi connectivity index (χ4n) is 3.69. The number of pyridine rings is 1. The van der Waals surface area contributed by atoms with E-state index in [4.69, 9.17) is 16.6 Å². The predicted octanol–water partition coefficient (Wildman–Crippen LogP) is 6.84. The third kappa shape index (κ3) is 4.69. The number of carboxylic acid groups (broad SMARTS) is 1. The van der Waals surface area contributed by atoms with Gasteiger partial charge in [-0.25, -0.2) is 9.78 Å². The molecule has 0 unspecified atom stereocenters.